The molecule has 0 saturated carbocycles. The van der Waals surface area contributed by atoms with Gasteiger partial charge in [-0.05, 0) is 37.5 Å². The molecule has 2 rings (SSSR count). The van der Waals surface area contributed by atoms with Gasteiger partial charge in [0.1, 0.15) is 0 Å². The Morgan fingerprint density at radius 1 is 1.23 bits per heavy atom. The molecule has 1 heterocycles. The molecule has 0 aromatic heterocycles. The number of hydrogen-bond acceptors (Lipinski definition) is 4. The minimum atomic E-state index is 0. The van der Waals surface area contributed by atoms with E-state index >= 15 is 0 Å². The van der Waals surface area contributed by atoms with Crippen LogP contribution in [0.4, 0.5) is 0 Å². The Balaban J connectivity index is 0.00000338. The van der Waals surface area contributed by atoms with Gasteiger partial charge in [0.25, 0.3) is 0 Å². The second kappa shape index (κ2) is 11.8. The number of amides is 1. The molecule has 3 N–H and O–H groups in total. The Hall–Kier alpha value is -1.71. The standard InChI is InChI=1S/C18H28N4O3.HI/c1-4-13(2)22-17(23)8-10-21-18(19-3)20-9-7-14-5-6-15-16(11-14)25-12-24-15;/h5-6,11,13H,4,7-10,12H2,1-3H3,(H,22,23)(H2,19,20,21);1H. The van der Waals surface area contributed by atoms with Crippen molar-refractivity contribution in [2.45, 2.75) is 39.2 Å². The van der Waals surface area contributed by atoms with Crippen LogP contribution in [0.5, 0.6) is 11.5 Å². The summed E-state index contributed by atoms with van der Waals surface area (Å²) in [5.74, 6) is 2.34. The fourth-order valence-corrected chi connectivity index (χ4v) is 2.39. The van der Waals surface area contributed by atoms with Crippen LogP contribution >= 0.6 is 24.0 Å². The molecular weight excluding hydrogens is 447 g/mol. The average Bonchev–Trinajstić information content (AvgIpc) is 3.08. The third-order valence-corrected chi connectivity index (χ3v) is 4.03. The number of rotatable bonds is 8. The first-order chi connectivity index (χ1) is 12.1. The number of hydrogen-bond donors (Lipinski definition) is 3. The molecule has 1 unspecified atom stereocenters. The monoisotopic (exact) mass is 476 g/mol. The Kier molecular flexibility index (Phi) is 10.2. The zero-order chi connectivity index (χ0) is 18.1. The van der Waals surface area contributed by atoms with E-state index in [2.05, 4.69) is 27.9 Å². The minimum absolute atomic E-state index is 0. The highest BCUT2D eigenvalue weighted by Crippen LogP contribution is 2.32. The van der Waals surface area contributed by atoms with Gasteiger partial charge in [-0.2, -0.15) is 0 Å². The summed E-state index contributed by atoms with van der Waals surface area (Å²) in [5, 5.41) is 9.34. The number of aliphatic imine (C=N–C) groups is 1. The summed E-state index contributed by atoms with van der Waals surface area (Å²) in [6.07, 6.45) is 2.20. The van der Waals surface area contributed by atoms with E-state index < -0.39 is 0 Å². The molecule has 1 aromatic rings. The molecule has 7 nitrogen and oxygen atoms in total. The van der Waals surface area contributed by atoms with Crippen molar-refractivity contribution >= 4 is 35.8 Å². The molecule has 8 heteroatoms. The molecule has 0 bridgehead atoms. The molecule has 1 amide bonds. The lowest BCUT2D eigenvalue weighted by atomic mass is 10.1. The highest BCUT2D eigenvalue weighted by Gasteiger charge is 2.13. The fraction of sp³-hybridized carbons (Fsp3) is 0.556. The summed E-state index contributed by atoms with van der Waals surface area (Å²) in [5.41, 5.74) is 1.17. The van der Waals surface area contributed by atoms with Crippen LogP contribution in [0.25, 0.3) is 0 Å². The maximum absolute atomic E-state index is 11.7. The van der Waals surface area contributed by atoms with E-state index in [1.165, 1.54) is 5.56 Å². The summed E-state index contributed by atoms with van der Waals surface area (Å²) >= 11 is 0. The van der Waals surface area contributed by atoms with Gasteiger partial charge >= 0.3 is 0 Å². The van der Waals surface area contributed by atoms with E-state index in [0.29, 0.717) is 18.9 Å². The second-order valence-corrected chi connectivity index (χ2v) is 5.99. The lowest BCUT2D eigenvalue weighted by Gasteiger charge is -2.14. The molecule has 1 atom stereocenters. The summed E-state index contributed by atoms with van der Waals surface area (Å²) in [6.45, 7) is 5.62. The first-order valence-electron chi connectivity index (χ1n) is 8.74. The van der Waals surface area contributed by atoms with Crippen molar-refractivity contribution in [1.29, 1.82) is 0 Å². The lowest BCUT2D eigenvalue weighted by molar-refractivity contribution is -0.121. The fourth-order valence-electron chi connectivity index (χ4n) is 2.39. The highest BCUT2D eigenvalue weighted by molar-refractivity contribution is 14.0. The van der Waals surface area contributed by atoms with E-state index in [4.69, 9.17) is 9.47 Å². The Bertz CT molecular complexity index is 610. The summed E-state index contributed by atoms with van der Waals surface area (Å²) in [4.78, 5) is 15.9. The van der Waals surface area contributed by atoms with Crippen molar-refractivity contribution in [1.82, 2.24) is 16.0 Å². The number of carbonyl (C=O) groups excluding carboxylic acids is 1. The van der Waals surface area contributed by atoms with Crippen LogP contribution in [0.1, 0.15) is 32.3 Å². The number of nitrogens with zero attached hydrogens (tertiary/aromatic N) is 1. The Morgan fingerprint density at radius 3 is 2.69 bits per heavy atom. The number of benzene rings is 1. The van der Waals surface area contributed by atoms with Crippen LogP contribution in [0.15, 0.2) is 23.2 Å². The van der Waals surface area contributed by atoms with Crippen molar-refractivity contribution < 1.29 is 14.3 Å². The van der Waals surface area contributed by atoms with E-state index in [1.54, 1.807) is 7.05 Å². The molecule has 0 saturated heterocycles. The summed E-state index contributed by atoms with van der Waals surface area (Å²) in [6, 6.07) is 6.18. The van der Waals surface area contributed by atoms with Gasteiger partial charge in [-0.3, -0.25) is 9.79 Å². The van der Waals surface area contributed by atoms with Gasteiger partial charge in [0.05, 0.1) is 0 Å². The number of carbonyl (C=O) groups is 1. The number of halogens is 1. The topological polar surface area (TPSA) is 84.0 Å². The van der Waals surface area contributed by atoms with Crippen molar-refractivity contribution in [3.63, 3.8) is 0 Å². The minimum Gasteiger partial charge on any atom is -0.454 e. The van der Waals surface area contributed by atoms with Gasteiger partial charge in [-0.25, -0.2) is 0 Å². The van der Waals surface area contributed by atoms with Crippen LogP contribution in [-0.4, -0.2) is 44.8 Å². The molecular formula is C18H29IN4O3. The van der Waals surface area contributed by atoms with Gasteiger partial charge in [-0.1, -0.05) is 13.0 Å². The van der Waals surface area contributed by atoms with Crippen LogP contribution in [0.3, 0.4) is 0 Å². The number of guanidine groups is 1. The van der Waals surface area contributed by atoms with Gasteiger partial charge in [0, 0.05) is 32.6 Å². The van der Waals surface area contributed by atoms with Crippen LogP contribution in [0, 0.1) is 0 Å². The molecule has 1 aliphatic heterocycles. The normalized spacial score (nSPS) is 13.6. The van der Waals surface area contributed by atoms with E-state index in [0.717, 1.165) is 30.9 Å². The predicted octanol–water partition coefficient (Wildman–Crippen LogP) is 2.05. The molecule has 1 aromatic carbocycles. The average molecular weight is 476 g/mol. The second-order valence-electron chi connectivity index (χ2n) is 5.99. The summed E-state index contributed by atoms with van der Waals surface area (Å²) < 4.78 is 10.7. The first kappa shape index (κ1) is 22.3. The number of ether oxygens (including phenoxy) is 2. The summed E-state index contributed by atoms with van der Waals surface area (Å²) in [7, 11) is 1.72. The Morgan fingerprint density at radius 2 is 1.96 bits per heavy atom. The maximum Gasteiger partial charge on any atom is 0.231 e. The van der Waals surface area contributed by atoms with Gasteiger partial charge < -0.3 is 25.4 Å². The Labute approximate surface area is 172 Å². The van der Waals surface area contributed by atoms with E-state index in [1.807, 2.05) is 25.1 Å². The zero-order valence-corrected chi connectivity index (χ0v) is 18.0. The molecule has 0 radical (unpaired) electrons. The molecule has 0 fully saturated rings. The van der Waals surface area contributed by atoms with Crippen LogP contribution < -0.4 is 25.4 Å². The van der Waals surface area contributed by atoms with E-state index in [9.17, 15) is 4.79 Å². The third-order valence-electron chi connectivity index (χ3n) is 4.03. The van der Waals surface area contributed by atoms with Gasteiger partial charge in [0.2, 0.25) is 12.7 Å². The predicted molar refractivity (Wildman–Crippen MR) is 114 cm³/mol. The molecule has 0 spiro atoms. The van der Waals surface area contributed by atoms with Crippen molar-refractivity contribution in [3.8, 4) is 11.5 Å². The molecule has 0 aliphatic carbocycles. The SMILES string of the molecule is CCC(C)NC(=O)CCNC(=NC)NCCc1ccc2c(c1)OCO2.I. The molecule has 146 valence electrons. The molecule has 26 heavy (non-hydrogen) atoms. The molecule has 1 aliphatic rings. The van der Waals surface area contributed by atoms with Gasteiger partial charge in [-0.15, -0.1) is 24.0 Å². The first-order valence-corrected chi connectivity index (χ1v) is 8.74. The smallest absolute Gasteiger partial charge is 0.231 e. The largest absolute Gasteiger partial charge is 0.454 e. The van der Waals surface area contributed by atoms with Crippen molar-refractivity contribution in [2.75, 3.05) is 26.9 Å². The van der Waals surface area contributed by atoms with Crippen molar-refractivity contribution in [2.24, 2.45) is 4.99 Å². The quantitative estimate of drug-likeness (QED) is 0.304. The number of nitrogens with one attached hydrogen (secondary N) is 3. The lowest BCUT2D eigenvalue weighted by Crippen LogP contribution is -2.41. The van der Waals surface area contributed by atoms with E-state index in [-0.39, 0.29) is 42.7 Å². The van der Waals surface area contributed by atoms with Gasteiger partial charge in [0.15, 0.2) is 17.5 Å². The highest BCUT2D eigenvalue weighted by atomic mass is 127. The maximum atomic E-state index is 11.7. The van der Waals surface area contributed by atoms with Crippen LogP contribution in [-0.2, 0) is 11.2 Å². The third kappa shape index (κ3) is 7.27. The van der Waals surface area contributed by atoms with Crippen LogP contribution in [0.2, 0.25) is 0 Å². The number of fused-ring (bicyclic) bond motifs is 1. The zero-order valence-electron chi connectivity index (χ0n) is 15.6. The van der Waals surface area contributed by atoms with Crippen molar-refractivity contribution in [3.05, 3.63) is 23.8 Å².